The Hall–Kier alpha value is -4.45. The minimum Gasteiger partial charge on any atom is -0.432 e. The maximum Gasteiger partial charge on any atom is 0.510 e. The number of hydrogen-bond donors (Lipinski definition) is 0. The van der Waals surface area contributed by atoms with Crippen molar-refractivity contribution in [3.05, 3.63) is 81.5 Å². The zero-order chi connectivity index (χ0) is 32.7. The van der Waals surface area contributed by atoms with Crippen molar-refractivity contribution in [3.8, 4) is 22.5 Å². The normalized spacial score (nSPS) is 11.8. The molecule has 1 unspecified atom stereocenters. The third kappa shape index (κ3) is 8.39. The van der Waals surface area contributed by atoms with E-state index in [0.29, 0.717) is 29.3 Å². The number of carbonyl (C=O) groups excluding carboxylic acids is 1. The van der Waals surface area contributed by atoms with Crippen LogP contribution in [-0.2, 0) is 28.9 Å². The summed E-state index contributed by atoms with van der Waals surface area (Å²) in [4.78, 5) is 34.3. The molecule has 0 radical (unpaired) electrons. The molecule has 2 aromatic heterocycles. The van der Waals surface area contributed by atoms with E-state index in [1.807, 2.05) is 74.4 Å². The minimum atomic E-state index is -0.801. The van der Waals surface area contributed by atoms with Crippen molar-refractivity contribution < 1.29 is 14.3 Å². The van der Waals surface area contributed by atoms with Gasteiger partial charge in [0.2, 0.25) is 12.1 Å². The Morgan fingerprint density at radius 2 is 1.71 bits per heavy atom. The second-order valence-electron chi connectivity index (χ2n) is 11.4. The number of aromatic nitrogens is 6. The van der Waals surface area contributed by atoms with E-state index in [0.717, 1.165) is 53.0 Å². The van der Waals surface area contributed by atoms with Crippen LogP contribution in [-0.4, -0.2) is 66.0 Å². The van der Waals surface area contributed by atoms with Gasteiger partial charge >= 0.3 is 6.16 Å². The lowest BCUT2D eigenvalue weighted by Gasteiger charge is -2.18. The molecule has 0 spiro atoms. The molecule has 0 N–H and O–H groups in total. The Balaban J connectivity index is 1.60. The second-order valence-corrected chi connectivity index (χ2v) is 11.8. The molecule has 11 nitrogen and oxygen atoms in total. The third-order valence-electron chi connectivity index (χ3n) is 7.25. The largest absolute Gasteiger partial charge is 0.510 e. The molecule has 45 heavy (non-hydrogen) atoms. The molecule has 1 atom stereocenters. The van der Waals surface area contributed by atoms with Gasteiger partial charge in [-0.15, -0.1) is 15.0 Å². The zero-order valence-electron chi connectivity index (χ0n) is 27.0. The second kappa shape index (κ2) is 15.0. The molecule has 0 aliphatic carbocycles. The Morgan fingerprint density at radius 3 is 2.36 bits per heavy atom. The van der Waals surface area contributed by atoms with Crippen LogP contribution in [0.25, 0.3) is 22.5 Å². The maximum absolute atomic E-state index is 13.8. The maximum atomic E-state index is 13.8. The predicted octanol–water partition coefficient (Wildman–Crippen LogP) is 5.77. The van der Waals surface area contributed by atoms with Gasteiger partial charge in [-0.3, -0.25) is 9.36 Å². The summed E-state index contributed by atoms with van der Waals surface area (Å²) in [7, 11) is 3.78. The highest BCUT2D eigenvalue weighted by Crippen LogP contribution is 2.30. The first kappa shape index (κ1) is 33.4. The molecular formula is C33H41N7O4S. The summed E-state index contributed by atoms with van der Waals surface area (Å²) in [5.74, 6) is 1.18. The molecule has 0 amide bonds. The minimum absolute atomic E-state index is 0.0444. The first-order valence-electron chi connectivity index (χ1n) is 15.1. The van der Waals surface area contributed by atoms with E-state index in [4.69, 9.17) is 26.7 Å². The van der Waals surface area contributed by atoms with Gasteiger partial charge in [-0.05, 0) is 56.0 Å². The van der Waals surface area contributed by atoms with Gasteiger partial charge in [-0.2, -0.15) is 0 Å². The van der Waals surface area contributed by atoms with Gasteiger partial charge < -0.3 is 14.4 Å². The lowest BCUT2D eigenvalue weighted by Crippen LogP contribution is -2.33. The van der Waals surface area contributed by atoms with Crippen LogP contribution in [0, 0.1) is 6.92 Å². The fraction of sp³-hybridized carbons (Fsp3) is 0.424. The molecule has 0 bridgehead atoms. The summed E-state index contributed by atoms with van der Waals surface area (Å²) in [5, 5.41) is 12.8. The summed E-state index contributed by atoms with van der Waals surface area (Å²) in [6.45, 7) is 9.55. The zero-order valence-corrected chi connectivity index (χ0v) is 27.8. The Labute approximate surface area is 269 Å². The lowest BCUT2D eigenvalue weighted by atomic mass is 9.98. The van der Waals surface area contributed by atoms with Crippen LogP contribution in [0.4, 0.5) is 4.79 Å². The number of rotatable bonds is 12. The number of hydrogen-bond acceptors (Lipinski definition) is 9. The van der Waals surface area contributed by atoms with Gasteiger partial charge in [0.05, 0.1) is 17.6 Å². The molecule has 0 saturated heterocycles. The number of benzene rings is 2. The van der Waals surface area contributed by atoms with Gasteiger partial charge in [-0.1, -0.05) is 74.1 Å². The van der Waals surface area contributed by atoms with Crippen LogP contribution < -0.4 is 5.56 Å². The SMILES string of the molecule is CCCCc1nc(C)c(CC(=S)N(C)C)c(=O)n1Cc1ccc(-c2ccccc2-c2nnn(C(C)OC(=O)OC(C)C)n2)cc1. The van der Waals surface area contributed by atoms with Crippen LogP contribution in [0.2, 0.25) is 0 Å². The van der Waals surface area contributed by atoms with Gasteiger partial charge in [0.25, 0.3) is 5.56 Å². The molecular weight excluding hydrogens is 590 g/mol. The van der Waals surface area contributed by atoms with Crippen molar-refractivity contribution in [1.29, 1.82) is 0 Å². The summed E-state index contributed by atoms with van der Waals surface area (Å²) < 4.78 is 12.1. The summed E-state index contributed by atoms with van der Waals surface area (Å²) in [6.07, 6.45) is 1.17. The average molecular weight is 632 g/mol. The van der Waals surface area contributed by atoms with E-state index < -0.39 is 12.4 Å². The number of likely N-dealkylation sites (N-methyl/N-ethyl adjacent to an activating group) is 1. The lowest BCUT2D eigenvalue weighted by molar-refractivity contribution is -0.0197. The number of thiocarbonyl (C=S) groups is 1. The molecule has 0 saturated carbocycles. The van der Waals surface area contributed by atoms with Crippen molar-refractivity contribution in [1.82, 2.24) is 34.7 Å². The van der Waals surface area contributed by atoms with E-state index in [1.54, 1.807) is 25.3 Å². The number of nitrogens with zero attached hydrogens (tertiary/aromatic N) is 7. The highest BCUT2D eigenvalue weighted by Gasteiger charge is 2.20. The monoisotopic (exact) mass is 631 g/mol. The summed E-state index contributed by atoms with van der Waals surface area (Å²) >= 11 is 5.52. The quantitative estimate of drug-likeness (QED) is 0.141. The van der Waals surface area contributed by atoms with E-state index >= 15 is 0 Å². The summed E-state index contributed by atoms with van der Waals surface area (Å²) in [5.41, 5.74) is 4.94. The van der Waals surface area contributed by atoms with Crippen molar-refractivity contribution in [3.63, 3.8) is 0 Å². The molecule has 4 rings (SSSR count). The smallest absolute Gasteiger partial charge is 0.432 e. The molecule has 2 heterocycles. The van der Waals surface area contributed by atoms with E-state index in [2.05, 4.69) is 22.3 Å². The molecule has 0 aliphatic heterocycles. The van der Waals surface area contributed by atoms with E-state index in [1.165, 1.54) is 4.80 Å². The van der Waals surface area contributed by atoms with Crippen LogP contribution in [0.15, 0.2) is 53.3 Å². The van der Waals surface area contributed by atoms with Gasteiger partial charge in [0.15, 0.2) is 0 Å². The van der Waals surface area contributed by atoms with E-state index in [-0.39, 0.29) is 11.7 Å². The highest BCUT2D eigenvalue weighted by atomic mass is 32.1. The van der Waals surface area contributed by atoms with Gasteiger partial charge in [-0.25, -0.2) is 9.78 Å². The Bertz CT molecular complexity index is 1700. The first-order valence-corrected chi connectivity index (χ1v) is 15.5. The highest BCUT2D eigenvalue weighted by molar-refractivity contribution is 7.80. The molecule has 12 heteroatoms. The van der Waals surface area contributed by atoms with Crippen LogP contribution >= 0.6 is 12.2 Å². The number of unbranched alkanes of at least 4 members (excludes halogenated alkanes) is 1. The molecule has 2 aromatic carbocycles. The Morgan fingerprint density at radius 1 is 1.02 bits per heavy atom. The van der Waals surface area contributed by atoms with Crippen molar-refractivity contribution >= 4 is 23.4 Å². The molecule has 238 valence electrons. The number of ether oxygens (including phenoxy) is 2. The van der Waals surface area contributed by atoms with E-state index in [9.17, 15) is 9.59 Å². The standard InChI is InChI=1S/C33H41N7O4S/c1-8-9-14-29-34-22(4)28(19-30(45)38(6)7)32(41)39(29)20-24-15-17-25(18-16-24)26-12-10-11-13-27(26)31-35-37-40(36-31)23(5)44-33(42)43-21(2)3/h10-13,15-18,21,23H,8-9,14,19-20H2,1-7H3. The Kier molecular flexibility index (Phi) is 11.2. The summed E-state index contributed by atoms with van der Waals surface area (Å²) in [6, 6.07) is 15.8. The van der Waals surface area contributed by atoms with Crippen LogP contribution in [0.5, 0.6) is 0 Å². The average Bonchev–Trinajstić information content (AvgIpc) is 3.50. The van der Waals surface area contributed by atoms with Crippen LogP contribution in [0.1, 0.15) is 69.4 Å². The topological polar surface area (TPSA) is 117 Å². The van der Waals surface area contributed by atoms with Gasteiger partial charge in [0.1, 0.15) is 5.82 Å². The number of aryl methyl sites for hydroxylation is 2. The molecule has 0 fully saturated rings. The van der Waals surface area contributed by atoms with Crippen molar-refractivity contribution in [2.45, 2.75) is 79.2 Å². The number of carbonyl (C=O) groups is 1. The van der Waals surface area contributed by atoms with Gasteiger partial charge in [0, 0.05) is 43.8 Å². The van der Waals surface area contributed by atoms with Crippen molar-refractivity contribution in [2.75, 3.05) is 14.1 Å². The fourth-order valence-corrected chi connectivity index (χ4v) is 4.90. The first-order chi connectivity index (χ1) is 21.5. The predicted molar refractivity (Wildman–Crippen MR) is 177 cm³/mol. The van der Waals surface area contributed by atoms with Crippen LogP contribution in [0.3, 0.4) is 0 Å². The fourth-order valence-electron chi connectivity index (χ4n) is 4.75. The molecule has 0 aliphatic rings. The number of tetrazole rings is 1. The third-order valence-corrected chi connectivity index (χ3v) is 7.76. The molecule has 4 aromatic rings. The van der Waals surface area contributed by atoms with Crippen molar-refractivity contribution in [2.24, 2.45) is 0 Å².